The Morgan fingerprint density at radius 1 is 1.24 bits per heavy atom. The standard InChI is InChI=1S/C18H25NO2/c1-2-21-17(20)18(19-15-11-12-15)13-7-6-10-16(18)14-8-4-3-5-9-14/h3-5,8-9,15-16,19H,2,6-7,10-13H2,1H3. The van der Waals surface area contributed by atoms with E-state index in [-0.39, 0.29) is 11.9 Å². The number of carbonyl (C=O) groups excluding carboxylic acids is 1. The number of rotatable bonds is 5. The van der Waals surface area contributed by atoms with Crippen LogP contribution in [0.5, 0.6) is 0 Å². The highest BCUT2D eigenvalue weighted by atomic mass is 16.5. The van der Waals surface area contributed by atoms with Gasteiger partial charge in [0.1, 0.15) is 5.54 Å². The van der Waals surface area contributed by atoms with Gasteiger partial charge in [0.15, 0.2) is 0 Å². The van der Waals surface area contributed by atoms with E-state index in [0.717, 1.165) is 19.3 Å². The Morgan fingerprint density at radius 3 is 2.67 bits per heavy atom. The zero-order valence-electron chi connectivity index (χ0n) is 12.8. The first-order valence-electron chi connectivity index (χ1n) is 8.26. The van der Waals surface area contributed by atoms with E-state index < -0.39 is 5.54 Å². The minimum Gasteiger partial charge on any atom is -0.465 e. The molecule has 2 fully saturated rings. The largest absolute Gasteiger partial charge is 0.465 e. The Labute approximate surface area is 127 Å². The summed E-state index contributed by atoms with van der Waals surface area (Å²) < 4.78 is 5.46. The van der Waals surface area contributed by atoms with Crippen molar-refractivity contribution in [1.29, 1.82) is 0 Å². The Bertz CT molecular complexity index is 483. The second-order valence-electron chi connectivity index (χ2n) is 6.32. The van der Waals surface area contributed by atoms with Crippen molar-refractivity contribution in [2.45, 2.75) is 62.9 Å². The summed E-state index contributed by atoms with van der Waals surface area (Å²) in [5.74, 6) is 0.178. The van der Waals surface area contributed by atoms with Gasteiger partial charge in [-0.3, -0.25) is 10.1 Å². The normalized spacial score (nSPS) is 29.1. The number of esters is 1. The average molecular weight is 287 g/mol. The van der Waals surface area contributed by atoms with Crippen molar-refractivity contribution in [2.24, 2.45) is 0 Å². The van der Waals surface area contributed by atoms with E-state index in [1.54, 1.807) is 0 Å². The Morgan fingerprint density at radius 2 is 2.00 bits per heavy atom. The number of hydrogen-bond acceptors (Lipinski definition) is 3. The zero-order valence-corrected chi connectivity index (χ0v) is 12.8. The molecule has 0 spiro atoms. The van der Waals surface area contributed by atoms with Crippen LogP contribution in [-0.4, -0.2) is 24.2 Å². The predicted molar refractivity (Wildman–Crippen MR) is 83.2 cm³/mol. The van der Waals surface area contributed by atoms with Crippen LogP contribution in [0.4, 0.5) is 0 Å². The highest BCUT2D eigenvalue weighted by molar-refractivity contribution is 5.83. The van der Waals surface area contributed by atoms with Crippen LogP contribution >= 0.6 is 0 Å². The Balaban J connectivity index is 1.94. The fraction of sp³-hybridized carbons (Fsp3) is 0.611. The molecule has 1 aromatic rings. The van der Waals surface area contributed by atoms with Crippen LogP contribution in [0.2, 0.25) is 0 Å². The monoisotopic (exact) mass is 287 g/mol. The molecule has 0 bridgehead atoms. The molecule has 0 aromatic heterocycles. The van der Waals surface area contributed by atoms with Crippen LogP contribution in [0, 0.1) is 0 Å². The summed E-state index contributed by atoms with van der Waals surface area (Å²) in [5.41, 5.74) is 0.745. The van der Waals surface area contributed by atoms with Gasteiger partial charge >= 0.3 is 5.97 Å². The zero-order chi connectivity index (χ0) is 14.7. The van der Waals surface area contributed by atoms with Crippen LogP contribution in [0.25, 0.3) is 0 Å². The first-order valence-corrected chi connectivity index (χ1v) is 8.26. The van der Waals surface area contributed by atoms with Crippen LogP contribution < -0.4 is 5.32 Å². The number of ether oxygens (including phenoxy) is 1. The van der Waals surface area contributed by atoms with Crippen molar-refractivity contribution in [1.82, 2.24) is 5.32 Å². The van der Waals surface area contributed by atoms with E-state index in [1.165, 1.54) is 24.8 Å². The third kappa shape index (κ3) is 2.98. The lowest BCUT2D eigenvalue weighted by Gasteiger charge is -2.43. The molecule has 2 atom stereocenters. The van der Waals surface area contributed by atoms with Crippen molar-refractivity contribution in [2.75, 3.05) is 6.61 Å². The molecule has 3 nitrogen and oxygen atoms in total. The topological polar surface area (TPSA) is 38.3 Å². The number of benzene rings is 1. The van der Waals surface area contributed by atoms with Crippen molar-refractivity contribution < 1.29 is 9.53 Å². The third-order valence-electron chi connectivity index (χ3n) is 4.79. The van der Waals surface area contributed by atoms with E-state index >= 15 is 0 Å². The molecule has 0 saturated heterocycles. The van der Waals surface area contributed by atoms with Crippen molar-refractivity contribution >= 4 is 5.97 Å². The van der Waals surface area contributed by atoms with Gasteiger partial charge in [-0.2, -0.15) is 0 Å². The van der Waals surface area contributed by atoms with E-state index in [1.807, 2.05) is 13.0 Å². The summed E-state index contributed by atoms with van der Waals surface area (Å²) in [5, 5.41) is 3.66. The summed E-state index contributed by atoms with van der Waals surface area (Å²) in [6.45, 7) is 2.34. The quantitative estimate of drug-likeness (QED) is 0.844. The molecular formula is C18H25NO2. The van der Waals surface area contributed by atoms with Gasteiger partial charge in [0, 0.05) is 12.0 Å². The van der Waals surface area contributed by atoms with Crippen molar-refractivity contribution in [3.63, 3.8) is 0 Å². The molecule has 1 aromatic carbocycles. The molecule has 21 heavy (non-hydrogen) atoms. The second-order valence-corrected chi connectivity index (χ2v) is 6.32. The third-order valence-corrected chi connectivity index (χ3v) is 4.79. The van der Waals surface area contributed by atoms with Gasteiger partial charge in [0.05, 0.1) is 6.61 Å². The number of nitrogens with one attached hydrogen (secondary N) is 1. The Kier molecular flexibility index (Phi) is 4.29. The lowest BCUT2D eigenvalue weighted by atomic mass is 9.69. The summed E-state index contributed by atoms with van der Waals surface area (Å²) >= 11 is 0. The summed E-state index contributed by atoms with van der Waals surface area (Å²) in [6.07, 6.45) is 6.60. The molecular weight excluding hydrogens is 262 g/mol. The van der Waals surface area contributed by atoms with Gasteiger partial charge < -0.3 is 4.74 Å². The molecule has 114 valence electrons. The highest BCUT2D eigenvalue weighted by Crippen LogP contribution is 2.43. The van der Waals surface area contributed by atoms with Gasteiger partial charge in [0.25, 0.3) is 0 Å². The van der Waals surface area contributed by atoms with Crippen LogP contribution in [0.1, 0.15) is 56.9 Å². The fourth-order valence-electron chi connectivity index (χ4n) is 3.64. The molecule has 0 radical (unpaired) electrons. The van der Waals surface area contributed by atoms with E-state index in [0.29, 0.717) is 12.6 Å². The van der Waals surface area contributed by atoms with Crippen LogP contribution in [0.3, 0.4) is 0 Å². The van der Waals surface area contributed by atoms with Gasteiger partial charge in [0.2, 0.25) is 0 Å². The molecule has 2 aliphatic rings. The molecule has 0 heterocycles. The maximum Gasteiger partial charge on any atom is 0.326 e. The minimum absolute atomic E-state index is 0.0505. The van der Waals surface area contributed by atoms with Gasteiger partial charge in [-0.05, 0) is 38.2 Å². The van der Waals surface area contributed by atoms with Crippen molar-refractivity contribution in [3.8, 4) is 0 Å². The van der Waals surface area contributed by atoms with Gasteiger partial charge in [-0.15, -0.1) is 0 Å². The molecule has 3 rings (SSSR count). The molecule has 0 amide bonds. The van der Waals surface area contributed by atoms with Gasteiger partial charge in [-0.25, -0.2) is 0 Å². The number of hydrogen-bond donors (Lipinski definition) is 1. The highest BCUT2D eigenvalue weighted by Gasteiger charge is 2.51. The first kappa shape index (κ1) is 14.6. The lowest BCUT2D eigenvalue weighted by molar-refractivity contribution is -0.154. The molecule has 0 aliphatic heterocycles. The molecule has 3 heteroatoms. The Hall–Kier alpha value is -1.35. The lowest BCUT2D eigenvalue weighted by Crippen LogP contribution is -2.59. The summed E-state index contributed by atoms with van der Waals surface area (Å²) in [7, 11) is 0. The van der Waals surface area contributed by atoms with Crippen LogP contribution in [-0.2, 0) is 9.53 Å². The minimum atomic E-state index is -0.517. The molecule has 2 saturated carbocycles. The SMILES string of the molecule is CCOC(=O)C1(NC2CC2)CCCCC1c1ccccc1. The van der Waals surface area contributed by atoms with Crippen molar-refractivity contribution in [3.05, 3.63) is 35.9 Å². The smallest absolute Gasteiger partial charge is 0.326 e. The average Bonchev–Trinajstić information content (AvgIpc) is 3.33. The molecule has 1 N–H and O–H groups in total. The van der Waals surface area contributed by atoms with E-state index in [9.17, 15) is 4.79 Å². The molecule has 2 unspecified atom stereocenters. The second kappa shape index (κ2) is 6.18. The summed E-state index contributed by atoms with van der Waals surface area (Å²) in [6, 6.07) is 11.0. The predicted octanol–water partition coefficient (Wildman–Crippen LogP) is 3.40. The maximum absolute atomic E-state index is 12.8. The number of carbonyl (C=O) groups is 1. The van der Waals surface area contributed by atoms with E-state index in [2.05, 4.69) is 29.6 Å². The molecule has 2 aliphatic carbocycles. The van der Waals surface area contributed by atoms with Gasteiger partial charge in [-0.1, -0.05) is 43.2 Å². The first-order chi connectivity index (χ1) is 10.3. The summed E-state index contributed by atoms with van der Waals surface area (Å²) in [4.78, 5) is 12.8. The van der Waals surface area contributed by atoms with E-state index in [4.69, 9.17) is 4.74 Å². The van der Waals surface area contributed by atoms with Crippen LogP contribution in [0.15, 0.2) is 30.3 Å². The fourth-order valence-corrected chi connectivity index (χ4v) is 3.64. The maximum atomic E-state index is 12.8.